The fourth-order valence-corrected chi connectivity index (χ4v) is 1.70. The van der Waals surface area contributed by atoms with Crippen LogP contribution in [0.3, 0.4) is 0 Å². The molecule has 0 bridgehead atoms. The number of benzene rings is 1. The molecule has 0 heterocycles. The highest BCUT2D eigenvalue weighted by Gasteiger charge is 2.45. The van der Waals surface area contributed by atoms with Crippen molar-refractivity contribution in [3.8, 4) is 0 Å². The normalized spacial score (nSPS) is 11.1. The number of nitro benzene ring substituents is 2. The summed E-state index contributed by atoms with van der Waals surface area (Å²) in [6.07, 6.45) is -4.69. The van der Waals surface area contributed by atoms with E-state index in [1.165, 1.54) is 0 Å². The van der Waals surface area contributed by atoms with Gasteiger partial charge in [-0.3, -0.25) is 25.0 Å². The number of amides is 1. The molecule has 1 N–H and O–H groups in total. The standard InChI is InChI=1S/C11H10F3N3O5/c1-2-5-15-10(18)6-3-4-7(11(12,13)14)9(17(21)22)8(6)16(19)20/h3-4H,2,5H2,1H3,(H,15,18). The lowest BCUT2D eigenvalue weighted by atomic mass is 10.0. The van der Waals surface area contributed by atoms with Crippen molar-refractivity contribution in [3.63, 3.8) is 0 Å². The molecule has 1 rings (SSSR count). The van der Waals surface area contributed by atoms with Gasteiger partial charge in [0, 0.05) is 6.54 Å². The highest BCUT2D eigenvalue weighted by molar-refractivity contribution is 6.00. The second-order valence-electron chi connectivity index (χ2n) is 4.13. The van der Waals surface area contributed by atoms with Crippen molar-refractivity contribution >= 4 is 17.3 Å². The van der Waals surface area contributed by atoms with Crippen molar-refractivity contribution in [2.75, 3.05) is 6.54 Å². The van der Waals surface area contributed by atoms with Crippen LogP contribution >= 0.6 is 0 Å². The van der Waals surface area contributed by atoms with E-state index in [9.17, 15) is 38.2 Å². The monoisotopic (exact) mass is 321 g/mol. The van der Waals surface area contributed by atoms with Gasteiger partial charge in [0.25, 0.3) is 5.91 Å². The zero-order valence-electron chi connectivity index (χ0n) is 11.1. The van der Waals surface area contributed by atoms with Gasteiger partial charge in [-0.25, -0.2) is 0 Å². The Morgan fingerprint density at radius 2 is 1.73 bits per heavy atom. The van der Waals surface area contributed by atoms with E-state index in [0.717, 1.165) is 0 Å². The van der Waals surface area contributed by atoms with E-state index >= 15 is 0 Å². The minimum atomic E-state index is -5.16. The summed E-state index contributed by atoms with van der Waals surface area (Å²) in [5.41, 5.74) is -5.80. The van der Waals surface area contributed by atoms with Crippen molar-refractivity contribution in [3.05, 3.63) is 43.5 Å². The number of hydrogen-bond donors (Lipinski definition) is 1. The molecule has 0 saturated heterocycles. The number of carbonyl (C=O) groups is 1. The van der Waals surface area contributed by atoms with Crippen LogP contribution in [0.25, 0.3) is 0 Å². The largest absolute Gasteiger partial charge is 0.423 e. The van der Waals surface area contributed by atoms with Gasteiger partial charge in [-0.1, -0.05) is 6.92 Å². The molecule has 1 aromatic carbocycles. The average molecular weight is 321 g/mol. The van der Waals surface area contributed by atoms with Crippen molar-refractivity contribution in [2.45, 2.75) is 19.5 Å². The highest BCUT2D eigenvalue weighted by Crippen LogP contribution is 2.42. The first-order valence-corrected chi connectivity index (χ1v) is 5.92. The van der Waals surface area contributed by atoms with Gasteiger partial charge in [-0.2, -0.15) is 13.2 Å². The van der Waals surface area contributed by atoms with Crippen LogP contribution in [0.5, 0.6) is 0 Å². The van der Waals surface area contributed by atoms with Gasteiger partial charge in [0.05, 0.1) is 9.85 Å². The van der Waals surface area contributed by atoms with Gasteiger partial charge in [0.2, 0.25) is 0 Å². The van der Waals surface area contributed by atoms with Crippen molar-refractivity contribution < 1.29 is 27.8 Å². The summed E-state index contributed by atoms with van der Waals surface area (Å²) >= 11 is 0. The smallest absolute Gasteiger partial charge is 0.352 e. The van der Waals surface area contributed by atoms with Crippen LogP contribution in [0, 0.1) is 20.2 Å². The average Bonchev–Trinajstić information content (AvgIpc) is 2.41. The topological polar surface area (TPSA) is 115 Å². The number of nitro groups is 2. The van der Waals surface area contributed by atoms with Crippen LogP contribution in [0.2, 0.25) is 0 Å². The molecule has 0 spiro atoms. The maximum Gasteiger partial charge on any atom is 0.423 e. The molecule has 0 saturated carbocycles. The fraction of sp³-hybridized carbons (Fsp3) is 0.364. The Kier molecular flexibility index (Phi) is 5.02. The molecule has 120 valence electrons. The van der Waals surface area contributed by atoms with Gasteiger partial charge in [-0.05, 0) is 18.6 Å². The molecular formula is C11H10F3N3O5. The Balaban J connectivity index is 3.63. The number of alkyl halides is 3. The quantitative estimate of drug-likeness (QED) is 0.661. The lowest BCUT2D eigenvalue weighted by Crippen LogP contribution is -2.25. The first kappa shape index (κ1) is 17.3. The molecule has 0 atom stereocenters. The maximum atomic E-state index is 12.8. The number of hydrogen-bond acceptors (Lipinski definition) is 5. The van der Waals surface area contributed by atoms with Crippen LogP contribution in [0.1, 0.15) is 29.3 Å². The van der Waals surface area contributed by atoms with Gasteiger partial charge < -0.3 is 5.32 Å². The van der Waals surface area contributed by atoms with Crippen LogP contribution in [-0.4, -0.2) is 22.3 Å². The van der Waals surface area contributed by atoms with Gasteiger partial charge in [-0.15, -0.1) is 0 Å². The predicted molar refractivity (Wildman–Crippen MR) is 67.4 cm³/mol. The van der Waals surface area contributed by atoms with E-state index in [2.05, 4.69) is 5.32 Å². The van der Waals surface area contributed by atoms with Gasteiger partial charge in [0.15, 0.2) is 0 Å². The van der Waals surface area contributed by atoms with Crippen molar-refractivity contribution in [2.24, 2.45) is 0 Å². The number of halogens is 3. The molecule has 22 heavy (non-hydrogen) atoms. The third-order valence-corrected chi connectivity index (χ3v) is 2.60. The zero-order valence-corrected chi connectivity index (χ0v) is 11.1. The fourth-order valence-electron chi connectivity index (χ4n) is 1.70. The predicted octanol–water partition coefficient (Wildman–Crippen LogP) is 2.66. The third-order valence-electron chi connectivity index (χ3n) is 2.60. The van der Waals surface area contributed by atoms with Crippen LogP contribution in [0.4, 0.5) is 24.5 Å². The Labute approximate surface area is 121 Å². The lowest BCUT2D eigenvalue weighted by Gasteiger charge is -2.10. The van der Waals surface area contributed by atoms with E-state index in [1.54, 1.807) is 6.92 Å². The van der Waals surface area contributed by atoms with Crippen LogP contribution < -0.4 is 5.32 Å². The minimum absolute atomic E-state index is 0.116. The maximum absolute atomic E-state index is 12.8. The Morgan fingerprint density at radius 3 is 2.14 bits per heavy atom. The molecule has 0 aliphatic carbocycles. The molecule has 8 nitrogen and oxygen atoms in total. The Hall–Kier alpha value is -2.72. The minimum Gasteiger partial charge on any atom is -0.352 e. The highest BCUT2D eigenvalue weighted by atomic mass is 19.4. The SMILES string of the molecule is CCCNC(=O)c1ccc(C(F)(F)F)c([N+](=O)[O-])c1[N+](=O)[O-]. The van der Waals surface area contributed by atoms with Crippen LogP contribution in [0.15, 0.2) is 12.1 Å². The summed E-state index contributed by atoms with van der Waals surface area (Å²) < 4.78 is 38.3. The van der Waals surface area contributed by atoms with E-state index in [0.29, 0.717) is 12.5 Å². The molecular weight excluding hydrogens is 311 g/mol. The van der Waals surface area contributed by atoms with Gasteiger partial charge >= 0.3 is 17.6 Å². The molecule has 11 heteroatoms. The van der Waals surface area contributed by atoms with Crippen LogP contribution in [-0.2, 0) is 6.18 Å². The summed E-state index contributed by atoms with van der Waals surface area (Å²) in [7, 11) is 0. The molecule has 0 aliphatic heterocycles. The molecule has 0 aliphatic rings. The summed E-state index contributed by atoms with van der Waals surface area (Å²) in [4.78, 5) is 30.7. The molecule has 0 unspecified atom stereocenters. The Bertz CT molecular complexity index is 630. The summed E-state index contributed by atoms with van der Waals surface area (Å²) in [6.45, 7) is 1.80. The summed E-state index contributed by atoms with van der Waals surface area (Å²) in [6, 6.07) is 0.838. The van der Waals surface area contributed by atoms with Crippen molar-refractivity contribution in [1.82, 2.24) is 5.32 Å². The molecule has 0 radical (unpaired) electrons. The zero-order chi connectivity index (χ0) is 17.1. The number of carbonyl (C=O) groups excluding carboxylic acids is 1. The van der Waals surface area contributed by atoms with E-state index in [-0.39, 0.29) is 12.6 Å². The first-order chi connectivity index (χ1) is 10.1. The molecule has 1 amide bonds. The number of nitrogens with zero attached hydrogens (tertiary/aromatic N) is 2. The third kappa shape index (κ3) is 3.48. The molecule has 1 aromatic rings. The number of rotatable bonds is 5. The second-order valence-corrected chi connectivity index (χ2v) is 4.13. The second kappa shape index (κ2) is 6.37. The van der Waals surface area contributed by atoms with E-state index in [4.69, 9.17) is 0 Å². The molecule has 0 aromatic heterocycles. The first-order valence-electron chi connectivity index (χ1n) is 5.92. The lowest BCUT2D eigenvalue weighted by molar-refractivity contribution is -0.424. The van der Waals surface area contributed by atoms with Crippen molar-refractivity contribution in [1.29, 1.82) is 0 Å². The molecule has 0 fully saturated rings. The number of nitrogens with one attached hydrogen (secondary N) is 1. The Morgan fingerprint density at radius 1 is 1.18 bits per heavy atom. The van der Waals surface area contributed by atoms with Gasteiger partial charge in [0.1, 0.15) is 11.1 Å². The summed E-state index contributed by atoms with van der Waals surface area (Å²) in [5.74, 6) is -1.05. The summed E-state index contributed by atoms with van der Waals surface area (Å²) in [5, 5.41) is 24.0. The van der Waals surface area contributed by atoms with E-state index in [1.807, 2.05) is 0 Å². The van der Waals surface area contributed by atoms with E-state index < -0.39 is 44.4 Å².